The zero-order chi connectivity index (χ0) is 13.4. The Hall–Kier alpha value is -2.34. The maximum absolute atomic E-state index is 11.1. The maximum Gasteiger partial charge on any atom is 0.417 e. The summed E-state index contributed by atoms with van der Waals surface area (Å²) in [7, 11) is 1.87. The highest BCUT2D eigenvalue weighted by Gasteiger charge is 2.10. The van der Waals surface area contributed by atoms with Crippen LogP contribution in [0.5, 0.6) is 0 Å². The van der Waals surface area contributed by atoms with Crippen molar-refractivity contribution in [1.29, 1.82) is 0 Å². The molecule has 0 atom stereocenters. The maximum atomic E-state index is 11.1. The summed E-state index contributed by atoms with van der Waals surface area (Å²) >= 11 is 0. The molecule has 0 saturated heterocycles. The van der Waals surface area contributed by atoms with Gasteiger partial charge in [-0.3, -0.25) is 4.98 Å². The Labute approximate surface area is 108 Å². The van der Waals surface area contributed by atoms with Crippen LogP contribution < -0.4 is 11.1 Å². The van der Waals surface area contributed by atoms with Crippen molar-refractivity contribution in [2.45, 2.75) is 13.5 Å². The Morgan fingerprint density at radius 3 is 3.00 bits per heavy atom. The number of hydrogen-bond donors (Lipinski definition) is 3. The molecule has 0 aliphatic rings. The highest BCUT2D eigenvalue weighted by atomic mass is 16.4. The first kappa shape index (κ1) is 11.7. The van der Waals surface area contributed by atoms with Gasteiger partial charge in [0.05, 0.1) is 17.8 Å². The Morgan fingerprint density at radius 2 is 2.21 bits per heavy atom. The van der Waals surface area contributed by atoms with Crippen molar-refractivity contribution in [3.8, 4) is 11.3 Å². The number of nitrogens with zero attached hydrogens (tertiary/aromatic N) is 1. The fourth-order valence-electron chi connectivity index (χ4n) is 2.15. The summed E-state index contributed by atoms with van der Waals surface area (Å²) in [5.41, 5.74) is 4.02. The number of aromatic nitrogens is 3. The summed E-state index contributed by atoms with van der Waals surface area (Å²) in [6, 6.07) is 5.56. The predicted octanol–water partition coefficient (Wildman–Crippen LogP) is 1.54. The van der Waals surface area contributed by atoms with E-state index in [1.54, 1.807) is 0 Å². The van der Waals surface area contributed by atoms with E-state index in [0.717, 1.165) is 22.8 Å². The Bertz CT molecular complexity index is 781. The van der Waals surface area contributed by atoms with E-state index in [9.17, 15) is 4.79 Å². The second kappa shape index (κ2) is 4.40. The molecule has 6 heteroatoms. The molecule has 2 aromatic heterocycles. The van der Waals surface area contributed by atoms with Crippen molar-refractivity contribution in [2.75, 3.05) is 7.05 Å². The zero-order valence-electron chi connectivity index (χ0n) is 10.7. The van der Waals surface area contributed by atoms with E-state index in [0.29, 0.717) is 17.6 Å². The Kier molecular flexibility index (Phi) is 2.72. The van der Waals surface area contributed by atoms with Crippen LogP contribution in [0.1, 0.15) is 11.5 Å². The molecule has 0 saturated carbocycles. The lowest BCUT2D eigenvalue weighted by Gasteiger charge is -1.97. The summed E-state index contributed by atoms with van der Waals surface area (Å²) in [5.74, 6) is 0.437. The van der Waals surface area contributed by atoms with E-state index in [-0.39, 0.29) is 0 Å². The molecule has 3 aromatic rings. The highest BCUT2D eigenvalue weighted by Crippen LogP contribution is 2.24. The number of nitrogens with one attached hydrogen (secondary N) is 3. The lowest BCUT2D eigenvalue weighted by Crippen LogP contribution is -2.06. The normalized spacial score (nSPS) is 11.3. The van der Waals surface area contributed by atoms with Crippen LogP contribution in [-0.2, 0) is 6.54 Å². The minimum Gasteiger partial charge on any atom is -0.408 e. The highest BCUT2D eigenvalue weighted by molar-refractivity contribution is 5.79. The molecule has 0 unspecified atom stereocenters. The van der Waals surface area contributed by atoms with Gasteiger partial charge in [0.1, 0.15) is 5.82 Å². The van der Waals surface area contributed by atoms with Crippen molar-refractivity contribution < 1.29 is 4.42 Å². The first-order valence-electron chi connectivity index (χ1n) is 6.00. The molecule has 2 heterocycles. The third-order valence-electron chi connectivity index (χ3n) is 2.97. The molecule has 0 bridgehead atoms. The lowest BCUT2D eigenvalue weighted by molar-refractivity contribution is 0.555. The molecule has 0 radical (unpaired) electrons. The van der Waals surface area contributed by atoms with Crippen molar-refractivity contribution in [3.05, 3.63) is 40.3 Å². The van der Waals surface area contributed by atoms with E-state index in [1.165, 1.54) is 0 Å². The average Bonchev–Trinajstić information content (AvgIpc) is 2.90. The van der Waals surface area contributed by atoms with E-state index >= 15 is 0 Å². The minimum atomic E-state index is -0.443. The van der Waals surface area contributed by atoms with Crippen LogP contribution in [0.3, 0.4) is 0 Å². The summed E-state index contributed by atoms with van der Waals surface area (Å²) < 4.78 is 5.06. The first-order chi connectivity index (χ1) is 9.17. The van der Waals surface area contributed by atoms with Gasteiger partial charge in [-0.05, 0) is 26.1 Å². The van der Waals surface area contributed by atoms with Gasteiger partial charge in [-0.25, -0.2) is 9.78 Å². The van der Waals surface area contributed by atoms with Crippen LogP contribution in [0.2, 0.25) is 0 Å². The molecule has 0 amide bonds. The van der Waals surface area contributed by atoms with E-state index in [2.05, 4.69) is 20.3 Å². The number of aryl methyl sites for hydroxylation is 1. The fourth-order valence-corrected chi connectivity index (χ4v) is 2.15. The first-order valence-corrected chi connectivity index (χ1v) is 6.00. The number of H-pyrrole nitrogens is 2. The number of rotatable bonds is 3. The van der Waals surface area contributed by atoms with Crippen LogP contribution in [0.4, 0.5) is 0 Å². The monoisotopic (exact) mass is 258 g/mol. The second-order valence-corrected chi connectivity index (χ2v) is 4.41. The molecule has 0 fully saturated rings. The standard InChI is InChI=1S/C13H14N4O2/c1-7-12(17-11(15-7)6-14-2)8-3-4-9-10(5-8)19-13(18)16-9/h3-5,14H,6H2,1-2H3,(H,15,17)(H,16,18). The summed E-state index contributed by atoms with van der Waals surface area (Å²) in [4.78, 5) is 21.5. The van der Waals surface area contributed by atoms with Crippen molar-refractivity contribution >= 4 is 11.1 Å². The molecular formula is C13H14N4O2. The van der Waals surface area contributed by atoms with Crippen LogP contribution in [0.15, 0.2) is 27.4 Å². The predicted molar refractivity (Wildman–Crippen MR) is 71.9 cm³/mol. The van der Waals surface area contributed by atoms with Gasteiger partial charge in [0.15, 0.2) is 5.58 Å². The largest absolute Gasteiger partial charge is 0.417 e. The molecule has 0 aliphatic heterocycles. The topological polar surface area (TPSA) is 86.7 Å². The zero-order valence-corrected chi connectivity index (χ0v) is 10.7. The summed E-state index contributed by atoms with van der Waals surface area (Å²) in [6.07, 6.45) is 0. The number of hydrogen-bond acceptors (Lipinski definition) is 4. The van der Waals surface area contributed by atoms with Crippen LogP contribution in [0, 0.1) is 6.92 Å². The second-order valence-electron chi connectivity index (χ2n) is 4.41. The molecule has 1 aromatic carbocycles. The molecule has 0 aliphatic carbocycles. The summed E-state index contributed by atoms with van der Waals surface area (Å²) in [6.45, 7) is 2.65. The Morgan fingerprint density at radius 1 is 1.37 bits per heavy atom. The third kappa shape index (κ3) is 2.06. The van der Waals surface area contributed by atoms with Gasteiger partial charge in [-0.15, -0.1) is 0 Å². The van der Waals surface area contributed by atoms with Crippen LogP contribution in [-0.4, -0.2) is 22.0 Å². The third-order valence-corrected chi connectivity index (χ3v) is 2.97. The molecule has 98 valence electrons. The lowest BCUT2D eigenvalue weighted by atomic mass is 10.1. The summed E-state index contributed by atoms with van der Waals surface area (Å²) in [5, 5.41) is 3.05. The van der Waals surface area contributed by atoms with Crippen molar-refractivity contribution in [1.82, 2.24) is 20.3 Å². The number of imidazole rings is 1. The quantitative estimate of drug-likeness (QED) is 0.665. The SMILES string of the molecule is CNCc1nc(-c2ccc3[nH]c(=O)oc3c2)c(C)[nH]1. The van der Waals surface area contributed by atoms with Gasteiger partial charge < -0.3 is 14.7 Å². The van der Waals surface area contributed by atoms with E-state index in [1.807, 2.05) is 32.2 Å². The van der Waals surface area contributed by atoms with Gasteiger partial charge in [0.2, 0.25) is 0 Å². The van der Waals surface area contributed by atoms with Gasteiger partial charge in [-0.1, -0.05) is 6.07 Å². The number of benzene rings is 1. The van der Waals surface area contributed by atoms with Crippen LogP contribution >= 0.6 is 0 Å². The molecule has 6 nitrogen and oxygen atoms in total. The van der Waals surface area contributed by atoms with Crippen molar-refractivity contribution in [3.63, 3.8) is 0 Å². The van der Waals surface area contributed by atoms with Gasteiger partial charge >= 0.3 is 5.76 Å². The van der Waals surface area contributed by atoms with Gasteiger partial charge in [0, 0.05) is 11.3 Å². The average molecular weight is 258 g/mol. The molecular weight excluding hydrogens is 244 g/mol. The smallest absolute Gasteiger partial charge is 0.408 e. The number of fused-ring (bicyclic) bond motifs is 1. The van der Waals surface area contributed by atoms with E-state index in [4.69, 9.17) is 4.42 Å². The molecule has 19 heavy (non-hydrogen) atoms. The van der Waals surface area contributed by atoms with Crippen molar-refractivity contribution in [2.24, 2.45) is 0 Å². The minimum absolute atomic E-state index is 0.443. The molecule has 3 rings (SSSR count). The van der Waals surface area contributed by atoms with Crippen LogP contribution in [0.25, 0.3) is 22.4 Å². The number of aromatic amines is 2. The number of oxazole rings is 1. The van der Waals surface area contributed by atoms with Gasteiger partial charge in [0.25, 0.3) is 0 Å². The Balaban J connectivity index is 2.10. The van der Waals surface area contributed by atoms with E-state index < -0.39 is 5.76 Å². The van der Waals surface area contributed by atoms with Gasteiger partial charge in [-0.2, -0.15) is 0 Å². The molecule has 3 N–H and O–H groups in total. The fraction of sp³-hybridized carbons (Fsp3) is 0.231. The molecule has 0 spiro atoms.